The van der Waals surface area contributed by atoms with Crippen LogP contribution in [-0.2, 0) is 11.3 Å². The van der Waals surface area contributed by atoms with Crippen LogP contribution in [0.25, 0.3) is 0 Å². The molecule has 140 valence electrons. The van der Waals surface area contributed by atoms with Gasteiger partial charge in [0.25, 0.3) is 5.91 Å². The fourth-order valence-electron chi connectivity index (χ4n) is 2.85. The first-order valence-electron chi connectivity index (χ1n) is 8.81. The molecule has 0 aliphatic carbocycles. The zero-order valence-corrected chi connectivity index (χ0v) is 14.8. The third kappa shape index (κ3) is 5.05. The fraction of sp³-hybridized carbons (Fsp3) is 0.474. The van der Waals surface area contributed by atoms with Gasteiger partial charge in [-0.3, -0.25) is 4.79 Å². The first kappa shape index (κ1) is 18.4. The number of nitrogens with zero attached hydrogens (tertiary/aromatic N) is 2. The molecule has 6 nitrogen and oxygen atoms in total. The van der Waals surface area contributed by atoms with Crippen LogP contribution in [0, 0.1) is 5.82 Å². The predicted molar refractivity (Wildman–Crippen MR) is 92.4 cm³/mol. The summed E-state index contributed by atoms with van der Waals surface area (Å²) in [7, 11) is 1.74. The van der Waals surface area contributed by atoms with Gasteiger partial charge in [-0.25, -0.2) is 9.37 Å². The van der Waals surface area contributed by atoms with Crippen molar-refractivity contribution in [3.05, 3.63) is 47.9 Å². The summed E-state index contributed by atoms with van der Waals surface area (Å²) in [6.45, 7) is 1.43. The molecule has 3 rings (SSSR count). The molecule has 7 heteroatoms. The van der Waals surface area contributed by atoms with E-state index in [4.69, 9.17) is 13.9 Å². The van der Waals surface area contributed by atoms with Crippen molar-refractivity contribution in [2.75, 3.05) is 20.2 Å². The molecule has 2 heterocycles. The number of rotatable bonds is 7. The summed E-state index contributed by atoms with van der Waals surface area (Å²) in [5, 5.41) is 0. The van der Waals surface area contributed by atoms with E-state index in [0.29, 0.717) is 12.3 Å². The topological polar surface area (TPSA) is 64.8 Å². The van der Waals surface area contributed by atoms with Gasteiger partial charge in [-0.05, 0) is 37.8 Å². The van der Waals surface area contributed by atoms with Crippen molar-refractivity contribution in [2.45, 2.75) is 38.4 Å². The molecular formula is C19H23FN2O4. The van der Waals surface area contributed by atoms with Crippen molar-refractivity contribution in [3.63, 3.8) is 0 Å². The van der Waals surface area contributed by atoms with E-state index < -0.39 is 0 Å². The number of aromatic nitrogens is 1. The summed E-state index contributed by atoms with van der Waals surface area (Å²) >= 11 is 0. The van der Waals surface area contributed by atoms with E-state index in [1.807, 2.05) is 0 Å². The van der Waals surface area contributed by atoms with Gasteiger partial charge in [0.05, 0.1) is 6.10 Å². The minimum Gasteiger partial charge on any atom is -0.484 e. The second-order valence-electron chi connectivity index (χ2n) is 6.38. The summed E-state index contributed by atoms with van der Waals surface area (Å²) < 4.78 is 29.5. The average Bonchev–Trinajstić information content (AvgIpc) is 3.14. The maximum absolute atomic E-state index is 13.1. The Morgan fingerprint density at radius 3 is 3.08 bits per heavy atom. The molecule has 0 spiro atoms. The number of carbonyl (C=O) groups excluding carboxylic acids is 1. The molecule has 1 amide bonds. The normalized spacial score (nSPS) is 17.1. The molecule has 0 saturated carbocycles. The molecular weight excluding hydrogens is 339 g/mol. The Balaban J connectivity index is 1.48. The average molecular weight is 362 g/mol. The molecule has 1 unspecified atom stereocenters. The van der Waals surface area contributed by atoms with E-state index in [0.717, 1.165) is 25.9 Å². The van der Waals surface area contributed by atoms with Crippen LogP contribution in [-0.4, -0.2) is 42.1 Å². The van der Waals surface area contributed by atoms with Gasteiger partial charge in [-0.2, -0.15) is 0 Å². The van der Waals surface area contributed by atoms with Crippen LogP contribution < -0.4 is 4.74 Å². The molecule has 1 aromatic carbocycles. The highest BCUT2D eigenvalue weighted by molar-refractivity contribution is 5.91. The summed E-state index contributed by atoms with van der Waals surface area (Å²) in [4.78, 5) is 18.2. The van der Waals surface area contributed by atoms with Gasteiger partial charge < -0.3 is 18.8 Å². The Bertz CT molecular complexity index is 728. The summed E-state index contributed by atoms with van der Waals surface area (Å²) in [6, 6.07) is 5.80. The Morgan fingerprint density at radius 1 is 1.42 bits per heavy atom. The SMILES string of the molecule is CN(CCC1CCCCO1)C(=O)c1coc(COc2cccc(F)c2)n1. The number of ether oxygens (including phenoxy) is 2. The number of oxazole rings is 1. The Kier molecular flexibility index (Phi) is 6.22. The van der Waals surface area contributed by atoms with E-state index in [1.54, 1.807) is 24.1 Å². The molecule has 1 fully saturated rings. The zero-order valence-electron chi connectivity index (χ0n) is 14.8. The first-order chi connectivity index (χ1) is 12.6. The van der Waals surface area contributed by atoms with Gasteiger partial charge >= 0.3 is 0 Å². The smallest absolute Gasteiger partial charge is 0.275 e. The van der Waals surface area contributed by atoms with Gasteiger partial charge in [0.1, 0.15) is 17.8 Å². The summed E-state index contributed by atoms with van der Waals surface area (Å²) in [6.07, 6.45) is 5.71. The molecule has 1 aromatic heterocycles. The molecule has 1 saturated heterocycles. The third-order valence-corrected chi connectivity index (χ3v) is 4.34. The van der Waals surface area contributed by atoms with Crippen LogP contribution in [0.4, 0.5) is 4.39 Å². The van der Waals surface area contributed by atoms with E-state index >= 15 is 0 Å². The molecule has 1 atom stereocenters. The minimum absolute atomic E-state index is 0.0242. The lowest BCUT2D eigenvalue weighted by atomic mass is 10.1. The maximum Gasteiger partial charge on any atom is 0.275 e. The number of halogens is 1. The van der Waals surface area contributed by atoms with E-state index in [9.17, 15) is 9.18 Å². The first-order valence-corrected chi connectivity index (χ1v) is 8.81. The quantitative estimate of drug-likeness (QED) is 0.755. The third-order valence-electron chi connectivity index (χ3n) is 4.34. The van der Waals surface area contributed by atoms with E-state index in [2.05, 4.69) is 4.98 Å². The zero-order chi connectivity index (χ0) is 18.4. The van der Waals surface area contributed by atoms with Gasteiger partial charge in [0.2, 0.25) is 5.89 Å². The molecule has 2 aromatic rings. The lowest BCUT2D eigenvalue weighted by molar-refractivity contribution is 0.00705. The Morgan fingerprint density at radius 2 is 2.31 bits per heavy atom. The standard InChI is InChI=1S/C19H23FN2O4/c1-22(9-8-15-6-2-3-10-24-15)19(23)17-12-26-18(21-17)13-25-16-7-4-5-14(20)11-16/h4-5,7,11-12,15H,2-3,6,8-10,13H2,1H3. The van der Waals surface area contributed by atoms with Crippen molar-refractivity contribution in [3.8, 4) is 5.75 Å². The van der Waals surface area contributed by atoms with Crippen LogP contribution in [0.1, 0.15) is 42.1 Å². The van der Waals surface area contributed by atoms with Crippen molar-refractivity contribution in [1.29, 1.82) is 0 Å². The largest absolute Gasteiger partial charge is 0.484 e. The van der Waals surface area contributed by atoms with Gasteiger partial charge in [0.15, 0.2) is 12.3 Å². The molecule has 1 aliphatic heterocycles. The highest BCUT2D eigenvalue weighted by atomic mass is 19.1. The molecule has 0 N–H and O–H groups in total. The van der Waals surface area contributed by atoms with Crippen molar-refractivity contribution in [2.24, 2.45) is 0 Å². The number of amides is 1. The lowest BCUT2D eigenvalue weighted by Gasteiger charge is -2.24. The number of carbonyl (C=O) groups is 1. The summed E-state index contributed by atoms with van der Waals surface area (Å²) in [5.41, 5.74) is 0.231. The van der Waals surface area contributed by atoms with E-state index in [1.165, 1.54) is 24.8 Å². The summed E-state index contributed by atoms with van der Waals surface area (Å²) in [5.74, 6) is 0.0539. The Labute approximate surface area is 151 Å². The van der Waals surface area contributed by atoms with Gasteiger partial charge in [0, 0.05) is 26.3 Å². The number of hydrogen-bond acceptors (Lipinski definition) is 5. The highest BCUT2D eigenvalue weighted by Gasteiger charge is 2.19. The van der Waals surface area contributed by atoms with Crippen molar-refractivity contribution < 1.29 is 23.1 Å². The van der Waals surface area contributed by atoms with Crippen molar-refractivity contribution >= 4 is 5.91 Å². The lowest BCUT2D eigenvalue weighted by Crippen LogP contribution is -2.31. The van der Waals surface area contributed by atoms with Crippen LogP contribution in [0.2, 0.25) is 0 Å². The van der Waals surface area contributed by atoms with Crippen LogP contribution in [0.15, 0.2) is 34.9 Å². The highest BCUT2D eigenvalue weighted by Crippen LogP contribution is 2.17. The molecule has 0 radical (unpaired) electrons. The van der Waals surface area contributed by atoms with Crippen molar-refractivity contribution in [1.82, 2.24) is 9.88 Å². The van der Waals surface area contributed by atoms with E-state index in [-0.39, 0.29) is 36.0 Å². The molecule has 0 bridgehead atoms. The van der Waals surface area contributed by atoms with Gasteiger partial charge in [-0.15, -0.1) is 0 Å². The van der Waals surface area contributed by atoms with Crippen LogP contribution in [0.5, 0.6) is 5.75 Å². The Hall–Kier alpha value is -2.41. The maximum atomic E-state index is 13.1. The predicted octanol–water partition coefficient (Wildman–Crippen LogP) is 3.42. The minimum atomic E-state index is -0.380. The molecule has 26 heavy (non-hydrogen) atoms. The fourth-order valence-corrected chi connectivity index (χ4v) is 2.85. The van der Waals surface area contributed by atoms with Crippen LogP contribution >= 0.6 is 0 Å². The van der Waals surface area contributed by atoms with Crippen LogP contribution in [0.3, 0.4) is 0 Å². The number of hydrogen-bond donors (Lipinski definition) is 0. The second-order valence-corrected chi connectivity index (χ2v) is 6.38. The molecule has 1 aliphatic rings. The number of benzene rings is 1. The van der Waals surface area contributed by atoms with Gasteiger partial charge in [-0.1, -0.05) is 6.07 Å². The second kappa shape index (κ2) is 8.80. The monoisotopic (exact) mass is 362 g/mol.